The highest BCUT2D eigenvalue weighted by Crippen LogP contribution is 2.28. The van der Waals surface area contributed by atoms with Gasteiger partial charge in [-0.1, -0.05) is 54.2 Å². The summed E-state index contributed by atoms with van der Waals surface area (Å²) in [4.78, 5) is 18.8. The van der Waals surface area contributed by atoms with Crippen LogP contribution in [0, 0.1) is 0 Å². The van der Waals surface area contributed by atoms with Gasteiger partial charge in [0.25, 0.3) is 0 Å². The number of nitrogens with zero attached hydrogens (tertiary/aromatic N) is 5. The van der Waals surface area contributed by atoms with Gasteiger partial charge in [0.15, 0.2) is 5.16 Å². The minimum absolute atomic E-state index is 0.153. The summed E-state index contributed by atoms with van der Waals surface area (Å²) in [5, 5.41) is 11.6. The molecule has 1 amide bonds. The molecule has 2 aromatic heterocycles. The van der Waals surface area contributed by atoms with E-state index in [9.17, 15) is 4.79 Å². The zero-order valence-electron chi connectivity index (χ0n) is 19.1. The van der Waals surface area contributed by atoms with E-state index in [1.165, 1.54) is 22.3 Å². The zero-order chi connectivity index (χ0) is 23.3. The number of rotatable bonds is 7. The molecule has 1 unspecified atom stereocenters. The lowest BCUT2D eigenvalue weighted by Gasteiger charge is -2.37. The Hall–Kier alpha value is -3.10. The Bertz CT molecular complexity index is 1200. The van der Waals surface area contributed by atoms with Gasteiger partial charge in [0, 0.05) is 48.9 Å². The van der Waals surface area contributed by atoms with Crippen molar-refractivity contribution < 1.29 is 4.79 Å². The molecule has 0 bridgehead atoms. The molecule has 1 fully saturated rings. The minimum atomic E-state index is -0.246. The Morgan fingerprint density at radius 2 is 1.59 bits per heavy atom. The predicted octanol–water partition coefficient (Wildman–Crippen LogP) is 4.75. The molecule has 1 aliphatic rings. The van der Waals surface area contributed by atoms with Crippen molar-refractivity contribution in [3.8, 4) is 5.69 Å². The number of piperazine rings is 1. The van der Waals surface area contributed by atoms with Crippen LogP contribution in [0.25, 0.3) is 5.69 Å². The molecule has 1 atom stereocenters. The van der Waals surface area contributed by atoms with Crippen LogP contribution in [-0.2, 0) is 11.2 Å². The van der Waals surface area contributed by atoms with Crippen molar-refractivity contribution in [2.75, 3.05) is 31.1 Å². The number of carbonyl (C=O) groups excluding carboxylic acids is 1. The molecule has 0 aliphatic carbocycles. The summed E-state index contributed by atoms with van der Waals surface area (Å²) in [6, 6.07) is 24.7. The second kappa shape index (κ2) is 10.4. The van der Waals surface area contributed by atoms with Gasteiger partial charge in [-0.3, -0.25) is 9.36 Å². The summed E-state index contributed by atoms with van der Waals surface area (Å²) in [6.07, 6.45) is 0.712. The Kier molecular flexibility index (Phi) is 6.97. The van der Waals surface area contributed by atoms with E-state index in [1.807, 2.05) is 36.1 Å². The highest BCUT2D eigenvalue weighted by molar-refractivity contribution is 8.00. The van der Waals surface area contributed by atoms with Gasteiger partial charge in [0.1, 0.15) is 5.82 Å². The number of aromatic nitrogens is 3. The standard InChI is InChI=1S/C26H27N5OS2/c1-20(25(32)30-16-14-29(15-17-30)21-9-4-2-5-10-21)34-26-28-27-24(19-23-13-8-18-33-23)31(26)22-11-6-3-7-12-22/h2-13,18,20H,14-17,19H2,1H3. The number of hydrogen-bond acceptors (Lipinski definition) is 6. The first-order chi connectivity index (χ1) is 16.7. The Balaban J connectivity index is 1.29. The van der Waals surface area contributed by atoms with E-state index in [0.29, 0.717) is 6.42 Å². The summed E-state index contributed by atoms with van der Waals surface area (Å²) in [5.41, 5.74) is 2.23. The maximum absolute atomic E-state index is 13.3. The van der Waals surface area contributed by atoms with Crippen molar-refractivity contribution in [3.63, 3.8) is 0 Å². The van der Waals surface area contributed by atoms with E-state index in [-0.39, 0.29) is 11.2 Å². The van der Waals surface area contributed by atoms with E-state index < -0.39 is 0 Å². The van der Waals surface area contributed by atoms with E-state index >= 15 is 0 Å². The molecule has 5 rings (SSSR count). The molecule has 0 spiro atoms. The lowest BCUT2D eigenvalue weighted by molar-refractivity contribution is -0.130. The molecule has 8 heteroatoms. The second-order valence-corrected chi connectivity index (χ2v) is 10.6. The predicted molar refractivity (Wildman–Crippen MR) is 139 cm³/mol. The fourth-order valence-electron chi connectivity index (χ4n) is 4.19. The van der Waals surface area contributed by atoms with Crippen molar-refractivity contribution in [1.82, 2.24) is 19.7 Å². The first-order valence-electron chi connectivity index (χ1n) is 11.5. The van der Waals surface area contributed by atoms with Gasteiger partial charge in [-0.05, 0) is 42.6 Å². The molecule has 2 aromatic carbocycles. The molecule has 174 valence electrons. The van der Waals surface area contributed by atoms with Crippen molar-refractivity contribution in [2.24, 2.45) is 0 Å². The van der Waals surface area contributed by atoms with Crippen LogP contribution in [-0.4, -0.2) is 57.0 Å². The van der Waals surface area contributed by atoms with Crippen LogP contribution in [0.3, 0.4) is 0 Å². The van der Waals surface area contributed by atoms with Crippen LogP contribution in [0.1, 0.15) is 17.6 Å². The zero-order valence-corrected chi connectivity index (χ0v) is 20.7. The summed E-state index contributed by atoms with van der Waals surface area (Å²) in [6.45, 7) is 5.12. The topological polar surface area (TPSA) is 54.3 Å². The third-order valence-corrected chi connectivity index (χ3v) is 7.88. The fourth-order valence-corrected chi connectivity index (χ4v) is 5.86. The van der Waals surface area contributed by atoms with Gasteiger partial charge in [-0.15, -0.1) is 21.5 Å². The van der Waals surface area contributed by atoms with Gasteiger partial charge in [-0.2, -0.15) is 0 Å². The smallest absolute Gasteiger partial charge is 0.236 e. The van der Waals surface area contributed by atoms with Crippen LogP contribution in [0.2, 0.25) is 0 Å². The average molecular weight is 490 g/mol. The first kappa shape index (κ1) is 22.7. The largest absolute Gasteiger partial charge is 0.368 e. The van der Waals surface area contributed by atoms with E-state index in [0.717, 1.165) is 42.8 Å². The molecule has 4 aromatic rings. The molecular weight excluding hydrogens is 462 g/mol. The third kappa shape index (κ3) is 5.03. The fraction of sp³-hybridized carbons (Fsp3) is 0.269. The Morgan fingerprint density at radius 3 is 2.24 bits per heavy atom. The SMILES string of the molecule is CC(Sc1nnc(Cc2cccs2)n1-c1ccccc1)C(=O)N1CCN(c2ccccc2)CC1. The molecule has 3 heterocycles. The number of thioether (sulfide) groups is 1. The first-order valence-corrected chi connectivity index (χ1v) is 13.2. The lowest BCUT2D eigenvalue weighted by atomic mass is 10.2. The van der Waals surface area contributed by atoms with Crippen LogP contribution >= 0.6 is 23.1 Å². The number of carbonyl (C=O) groups is 1. The van der Waals surface area contributed by atoms with Gasteiger partial charge in [-0.25, -0.2) is 0 Å². The maximum Gasteiger partial charge on any atom is 0.236 e. The molecule has 6 nitrogen and oxygen atoms in total. The summed E-state index contributed by atoms with van der Waals surface area (Å²) in [5.74, 6) is 1.03. The van der Waals surface area contributed by atoms with Crippen LogP contribution in [0.15, 0.2) is 83.3 Å². The Morgan fingerprint density at radius 1 is 0.912 bits per heavy atom. The number of anilines is 1. The molecule has 0 saturated carbocycles. The number of para-hydroxylation sites is 2. The second-order valence-electron chi connectivity index (χ2n) is 8.23. The van der Waals surface area contributed by atoms with Crippen LogP contribution in [0.4, 0.5) is 5.69 Å². The summed E-state index contributed by atoms with van der Waals surface area (Å²) >= 11 is 3.20. The third-order valence-electron chi connectivity index (χ3n) is 5.97. The number of benzene rings is 2. The van der Waals surface area contributed by atoms with Crippen molar-refractivity contribution in [3.05, 3.63) is 88.9 Å². The molecular formula is C26H27N5OS2. The normalized spacial score (nSPS) is 14.9. The van der Waals surface area contributed by atoms with E-state index in [4.69, 9.17) is 0 Å². The number of hydrogen-bond donors (Lipinski definition) is 0. The molecule has 0 radical (unpaired) electrons. The number of thiophene rings is 1. The molecule has 1 saturated heterocycles. The summed E-state index contributed by atoms with van der Waals surface area (Å²) in [7, 11) is 0. The minimum Gasteiger partial charge on any atom is -0.368 e. The van der Waals surface area contributed by atoms with Crippen molar-refractivity contribution >= 4 is 34.7 Å². The van der Waals surface area contributed by atoms with Crippen molar-refractivity contribution in [1.29, 1.82) is 0 Å². The average Bonchev–Trinajstić information content (AvgIpc) is 3.55. The van der Waals surface area contributed by atoms with Crippen molar-refractivity contribution in [2.45, 2.75) is 23.8 Å². The molecule has 1 aliphatic heterocycles. The van der Waals surface area contributed by atoms with Crippen LogP contribution in [0.5, 0.6) is 0 Å². The quantitative estimate of drug-likeness (QED) is 0.351. The van der Waals surface area contributed by atoms with Gasteiger partial charge >= 0.3 is 0 Å². The lowest BCUT2D eigenvalue weighted by Crippen LogP contribution is -2.50. The van der Waals surface area contributed by atoms with Gasteiger partial charge in [0.05, 0.1) is 5.25 Å². The monoisotopic (exact) mass is 489 g/mol. The van der Waals surface area contributed by atoms with E-state index in [1.54, 1.807) is 11.3 Å². The Labute approximate surface area is 208 Å². The maximum atomic E-state index is 13.3. The molecule has 0 N–H and O–H groups in total. The van der Waals surface area contributed by atoms with Crippen LogP contribution < -0.4 is 4.90 Å². The van der Waals surface area contributed by atoms with Gasteiger partial charge < -0.3 is 9.80 Å². The highest BCUT2D eigenvalue weighted by Gasteiger charge is 2.27. The number of amides is 1. The summed E-state index contributed by atoms with van der Waals surface area (Å²) < 4.78 is 2.08. The van der Waals surface area contributed by atoms with E-state index in [2.05, 4.69) is 73.6 Å². The van der Waals surface area contributed by atoms with Gasteiger partial charge in [0.2, 0.25) is 5.91 Å². The highest BCUT2D eigenvalue weighted by atomic mass is 32.2. The molecule has 34 heavy (non-hydrogen) atoms.